The lowest BCUT2D eigenvalue weighted by Crippen LogP contribution is -2.70. The molecule has 1 aromatic rings. The summed E-state index contributed by atoms with van der Waals surface area (Å²) in [4.78, 5) is 28.6. The minimum absolute atomic E-state index is 0.176. The predicted molar refractivity (Wildman–Crippen MR) is 90.3 cm³/mol. The third kappa shape index (κ3) is 3.16. The molecule has 2 aliphatic rings. The first-order chi connectivity index (χ1) is 11.4. The number of nitrogens with zero attached hydrogens (tertiary/aromatic N) is 2. The lowest BCUT2D eigenvalue weighted by atomic mass is 10.0. The standard InChI is InChI=1S/C18H25N3O3/c1-11-4-5-14(8-12(11)2)9-20-6-7-21-15(10-20)17(23)19-16(13(3)22)18(21)24/h4-5,8,13,15-16,22H,6-7,9-10H2,1-3H3,(H,19,23)/t13-,15-,16+/m1/s1. The van der Waals surface area contributed by atoms with Crippen molar-refractivity contribution in [1.29, 1.82) is 0 Å². The Hall–Kier alpha value is -1.92. The van der Waals surface area contributed by atoms with Gasteiger partial charge in [-0.15, -0.1) is 0 Å². The van der Waals surface area contributed by atoms with Gasteiger partial charge in [0.1, 0.15) is 12.1 Å². The highest BCUT2D eigenvalue weighted by molar-refractivity contribution is 5.97. The van der Waals surface area contributed by atoms with E-state index in [0.717, 1.165) is 13.1 Å². The van der Waals surface area contributed by atoms with Crippen LogP contribution in [0, 0.1) is 13.8 Å². The fourth-order valence-electron chi connectivity index (χ4n) is 3.45. The molecule has 0 aliphatic carbocycles. The fraction of sp³-hybridized carbons (Fsp3) is 0.556. The number of benzene rings is 1. The highest BCUT2D eigenvalue weighted by atomic mass is 16.3. The van der Waals surface area contributed by atoms with Gasteiger partial charge in [0.2, 0.25) is 11.8 Å². The smallest absolute Gasteiger partial charge is 0.248 e. The van der Waals surface area contributed by atoms with Gasteiger partial charge >= 0.3 is 0 Å². The maximum atomic E-state index is 12.4. The molecule has 2 amide bonds. The molecule has 2 heterocycles. The molecule has 3 rings (SSSR count). The zero-order valence-electron chi connectivity index (χ0n) is 14.5. The largest absolute Gasteiger partial charge is 0.391 e. The molecule has 0 spiro atoms. The van der Waals surface area contributed by atoms with Crippen LogP contribution in [0.2, 0.25) is 0 Å². The van der Waals surface area contributed by atoms with Crippen molar-refractivity contribution in [3.63, 3.8) is 0 Å². The van der Waals surface area contributed by atoms with E-state index in [1.165, 1.54) is 23.6 Å². The highest BCUT2D eigenvalue weighted by Gasteiger charge is 2.44. The van der Waals surface area contributed by atoms with Crippen molar-refractivity contribution in [2.75, 3.05) is 19.6 Å². The number of aryl methyl sites for hydroxylation is 2. The van der Waals surface area contributed by atoms with Crippen molar-refractivity contribution in [2.24, 2.45) is 0 Å². The number of rotatable bonds is 3. The van der Waals surface area contributed by atoms with Crippen LogP contribution in [0.4, 0.5) is 0 Å². The zero-order valence-corrected chi connectivity index (χ0v) is 14.5. The van der Waals surface area contributed by atoms with Gasteiger partial charge in [0.25, 0.3) is 0 Å². The zero-order chi connectivity index (χ0) is 17.4. The van der Waals surface area contributed by atoms with Gasteiger partial charge in [-0.25, -0.2) is 0 Å². The molecule has 0 aromatic heterocycles. The van der Waals surface area contributed by atoms with E-state index in [1.807, 2.05) is 0 Å². The number of carbonyl (C=O) groups excluding carboxylic acids is 2. The van der Waals surface area contributed by atoms with Crippen molar-refractivity contribution >= 4 is 11.8 Å². The summed E-state index contributed by atoms with van der Waals surface area (Å²) in [7, 11) is 0. The van der Waals surface area contributed by atoms with Gasteiger partial charge in [-0.1, -0.05) is 18.2 Å². The van der Waals surface area contributed by atoms with E-state index in [9.17, 15) is 14.7 Å². The Morgan fingerprint density at radius 2 is 2.00 bits per heavy atom. The molecular weight excluding hydrogens is 306 g/mol. The third-order valence-electron chi connectivity index (χ3n) is 5.07. The Labute approximate surface area is 142 Å². The number of carbonyl (C=O) groups is 2. The number of fused-ring (bicyclic) bond motifs is 1. The first-order valence-electron chi connectivity index (χ1n) is 8.44. The van der Waals surface area contributed by atoms with Gasteiger partial charge in [0, 0.05) is 26.2 Å². The summed E-state index contributed by atoms with van der Waals surface area (Å²) in [5.41, 5.74) is 3.75. The number of aliphatic hydroxyl groups excluding tert-OH is 1. The lowest BCUT2D eigenvalue weighted by molar-refractivity contribution is -0.156. The molecule has 3 atom stereocenters. The summed E-state index contributed by atoms with van der Waals surface area (Å²) in [5, 5.41) is 12.3. The molecule has 0 radical (unpaired) electrons. The summed E-state index contributed by atoms with van der Waals surface area (Å²) in [6, 6.07) is 5.12. The topological polar surface area (TPSA) is 72.9 Å². The number of hydrogen-bond acceptors (Lipinski definition) is 4. The molecule has 6 nitrogen and oxygen atoms in total. The second-order valence-electron chi connectivity index (χ2n) is 6.93. The normalized spacial score (nSPS) is 26.1. The van der Waals surface area contributed by atoms with Crippen LogP contribution < -0.4 is 5.32 Å². The number of aliphatic hydroxyl groups is 1. The monoisotopic (exact) mass is 331 g/mol. The average Bonchev–Trinajstić information content (AvgIpc) is 2.54. The molecule has 0 saturated carbocycles. The molecule has 2 N–H and O–H groups in total. The minimum atomic E-state index is -0.879. The van der Waals surface area contributed by atoms with Crippen LogP contribution in [0.25, 0.3) is 0 Å². The SMILES string of the molecule is Cc1ccc(CN2CCN3C(=O)[C@H]([C@@H](C)O)NC(=O)[C@H]3C2)cc1C. The summed E-state index contributed by atoms with van der Waals surface area (Å²) >= 11 is 0. The summed E-state index contributed by atoms with van der Waals surface area (Å²) in [5.74, 6) is -0.356. The summed E-state index contributed by atoms with van der Waals surface area (Å²) in [6.45, 7) is 8.26. The summed E-state index contributed by atoms with van der Waals surface area (Å²) in [6.07, 6.45) is -0.879. The van der Waals surface area contributed by atoms with Crippen molar-refractivity contribution in [3.05, 3.63) is 34.9 Å². The van der Waals surface area contributed by atoms with Crippen LogP contribution in [0.5, 0.6) is 0 Å². The number of nitrogens with one attached hydrogen (secondary N) is 1. The maximum absolute atomic E-state index is 12.4. The Bertz CT molecular complexity index is 659. The number of hydrogen-bond donors (Lipinski definition) is 2. The quantitative estimate of drug-likeness (QED) is 0.830. The third-order valence-corrected chi connectivity index (χ3v) is 5.07. The first-order valence-corrected chi connectivity index (χ1v) is 8.44. The average molecular weight is 331 g/mol. The molecule has 0 unspecified atom stereocenters. The van der Waals surface area contributed by atoms with E-state index in [2.05, 4.69) is 42.3 Å². The van der Waals surface area contributed by atoms with Crippen molar-refractivity contribution in [3.8, 4) is 0 Å². The Balaban J connectivity index is 1.69. The van der Waals surface area contributed by atoms with Gasteiger partial charge in [-0.05, 0) is 37.5 Å². The highest BCUT2D eigenvalue weighted by Crippen LogP contribution is 2.20. The molecule has 2 saturated heterocycles. The molecule has 24 heavy (non-hydrogen) atoms. The van der Waals surface area contributed by atoms with Gasteiger partial charge in [0.15, 0.2) is 0 Å². The van der Waals surface area contributed by atoms with E-state index in [0.29, 0.717) is 13.1 Å². The summed E-state index contributed by atoms with van der Waals surface area (Å²) < 4.78 is 0. The van der Waals surface area contributed by atoms with E-state index in [-0.39, 0.29) is 11.8 Å². The lowest BCUT2D eigenvalue weighted by Gasteiger charge is -2.45. The van der Waals surface area contributed by atoms with Crippen LogP contribution in [0.1, 0.15) is 23.6 Å². The van der Waals surface area contributed by atoms with Crippen LogP contribution in [0.3, 0.4) is 0 Å². The van der Waals surface area contributed by atoms with Crippen LogP contribution in [0.15, 0.2) is 18.2 Å². The van der Waals surface area contributed by atoms with Gasteiger partial charge in [0.05, 0.1) is 6.10 Å². The van der Waals surface area contributed by atoms with Gasteiger partial charge in [-0.2, -0.15) is 0 Å². The predicted octanol–water partition coefficient (Wildman–Crippen LogP) is 0.195. The Morgan fingerprint density at radius 3 is 2.67 bits per heavy atom. The molecule has 2 fully saturated rings. The Morgan fingerprint density at radius 1 is 1.25 bits per heavy atom. The minimum Gasteiger partial charge on any atom is -0.391 e. The fourth-order valence-corrected chi connectivity index (χ4v) is 3.45. The van der Waals surface area contributed by atoms with Gasteiger partial charge in [-0.3, -0.25) is 14.5 Å². The number of piperazine rings is 2. The molecule has 130 valence electrons. The van der Waals surface area contributed by atoms with E-state index >= 15 is 0 Å². The second kappa shape index (κ2) is 6.53. The van der Waals surface area contributed by atoms with E-state index in [4.69, 9.17) is 0 Å². The van der Waals surface area contributed by atoms with Crippen molar-refractivity contribution in [2.45, 2.75) is 45.5 Å². The molecule has 6 heteroatoms. The van der Waals surface area contributed by atoms with Crippen molar-refractivity contribution < 1.29 is 14.7 Å². The van der Waals surface area contributed by atoms with Crippen LogP contribution in [-0.4, -0.2) is 64.5 Å². The van der Waals surface area contributed by atoms with E-state index < -0.39 is 18.2 Å². The first kappa shape index (κ1) is 16.9. The van der Waals surface area contributed by atoms with Crippen LogP contribution >= 0.6 is 0 Å². The van der Waals surface area contributed by atoms with Crippen molar-refractivity contribution in [1.82, 2.24) is 15.1 Å². The number of amides is 2. The second-order valence-corrected chi connectivity index (χ2v) is 6.93. The molecule has 1 aromatic carbocycles. The Kier molecular flexibility index (Phi) is 4.60. The molecule has 0 bridgehead atoms. The molecule has 2 aliphatic heterocycles. The van der Waals surface area contributed by atoms with Gasteiger partial charge < -0.3 is 15.3 Å². The maximum Gasteiger partial charge on any atom is 0.248 e. The van der Waals surface area contributed by atoms with E-state index in [1.54, 1.807) is 4.90 Å². The van der Waals surface area contributed by atoms with Crippen LogP contribution in [-0.2, 0) is 16.1 Å². The molecular formula is C18H25N3O3.